The Labute approximate surface area is 210 Å². The number of carbonyl (C=O) groups excluding carboxylic acids is 3. The van der Waals surface area contributed by atoms with Crippen LogP contribution in [0.4, 0.5) is 4.79 Å². The van der Waals surface area contributed by atoms with Crippen molar-refractivity contribution in [1.82, 2.24) is 9.80 Å². The van der Waals surface area contributed by atoms with Gasteiger partial charge < -0.3 is 25.0 Å². The van der Waals surface area contributed by atoms with Gasteiger partial charge in [-0.3, -0.25) is 9.59 Å². The van der Waals surface area contributed by atoms with Crippen LogP contribution in [0.5, 0.6) is 5.75 Å². The standard InChI is InChI=1S/C26H32ClN3O5/c1-17(34-22-20(23(28)31)10-6-11-21(22)27)18-8-5-9-19(16-18)24(32)29-12-7-13-30(15-14-29)25(33)35-26(2,3)4/h5-6,8-11,16-17H,7,12-15H2,1-4H3,(H2,28,31). The molecule has 2 aromatic carbocycles. The Balaban J connectivity index is 1.70. The third-order valence-corrected chi connectivity index (χ3v) is 5.86. The zero-order valence-corrected chi connectivity index (χ0v) is 21.3. The molecule has 8 nitrogen and oxygen atoms in total. The molecule has 1 saturated heterocycles. The largest absolute Gasteiger partial charge is 0.484 e. The lowest BCUT2D eigenvalue weighted by Crippen LogP contribution is -2.40. The van der Waals surface area contributed by atoms with E-state index < -0.39 is 17.6 Å². The number of halogens is 1. The molecule has 9 heteroatoms. The van der Waals surface area contributed by atoms with Gasteiger partial charge in [-0.1, -0.05) is 29.8 Å². The molecule has 0 aromatic heterocycles. The summed E-state index contributed by atoms with van der Waals surface area (Å²) in [5.74, 6) is -0.554. The smallest absolute Gasteiger partial charge is 0.410 e. The predicted molar refractivity (Wildman–Crippen MR) is 134 cm³/mol. The van der Waals surface area contributed by atoms with E-state index in [1.807, 2.05) is 33.8 Å². The molecule has 0 aliphatic carbocycles. The molecule has 188 valence electrons. The highest BCUT2D eigenvalue weighted by molar-refractivity contribution is 6.32. The van der Waals surface area contributed by atoms with Crippen LogP contribution in [0, 0.1) is 0 Å². The minimum atomic E-state index is -0.639. The Bertz CT molecular complexity index is 1100. The van der Waals surface area contributed by atoms with Gasteiger partial charge in [-0.15, -0.1) is 0 Å². The fourth-order valence-electron chi connectivity index (χ4n) is 3.80. The van der Waals surface area contributed by atoms with Crippen LogP contribution in [-0.4, -0.2) is 59.5 Å². The van der Waals surface area contributed by atoms with Gasteiger partial charge >= 0.3 is 6.09 Å². The molecule has 1 aliphatic heterocycles. The first kappa shape index (κ1) is 26.3. The summed E-state index contributed by atoms with van der Waals surface area (Å²) in [6, 6.07) is 11.9. The second kappa shape index (κ2) is 11.0. The van der Waals surface area contributed by atoms with Gasteiger partial charge in [-0.25, -0.2) is 4.79 Å². The van der Waals surface area contributed by atoms with Gasteiger partial charge in [0.25, 0.3) is 11.8 Å². The van der Waals surface area contributed by atoms with Crippen molar-refractivity contribution in [3.05, 3.63) is 64.2 Å². The summed E-state index contributed by atoms with van der Waals surface area (Å²) in [6.45, 7) is 9.18. The lowest BCUT2D eigenvalue weighted by Gasteiger charge is -2.26. The highest BCUT2D eigenvalue weighted by Gasteiger charge is 2.27. The molecule has 2 aromatic rings. The molecule has 1 aliphatic rings. The lowest BCUT2D eigenvalue weighted by atomic mass is 10.1. The van der Waals surface area contributed by atoms with Gasteiger partial charge in [-0.2, -0.15) is 0 Å². The fraction of sp³-hybridized carbons (Fsp3) is 0.423. The summed E-state index contributed by atoms with van der Waals surface area (Å²) in [7, 11) is 0. The number of rotatable bonds is 5. The van der Waals surface area contributed by atoms with Crippen LogP contribution in [0.3, 0.4) is 0 Å². The van der Waals surface area contributed by atoms with Crippen molar-refractivity contribution in [2.75, 3.05) is 26.2 Å². The third kappa shape index (κ3) is 6.88. The quantitative estimate of drug-likeness (QED) is 0.641. The molecular weight excluding hydrogens is 470 g/mol. The van der Waals surface area contributed by atoms with Gasteiger partial charge in [0.1, 0.15) is 11.7 Å². The van der Waals surface area contributed by atoms with E-state index in [-0.39, 0.29) is 28.3 Å². The van der Waals surface area contributed by atoms with Crippen molar-refractivity contribution >= 4 is 29.5 Å². The Kier molecular flexibility index (Phi) is 8.27. The predicted octanol–water partition coefficient (Wildman–Crippen LogP) is 4.66. The van der Waals surface area contributed by atoms with E-state index in [1.54, 1.807) is 46.2 Å². The number of hydrogen-bond acceptors (Lipinski definition) is 5. The Morgan fingerprint density at radius 3 is 2.34 bits per heavy atom. The molecule has 1 heterocycles. The molecule has 1 fully saturated rings. The number of benzene rings is 2. The molecule has 0 bridgehead atoms. The van der Waals surface area contributed by atoms with Crippen LogP contribution < -0.4 is 10.5 Å². The van der Waals surface area contributed by atoms with Crippen LogP contribution >= 0.6 is 11.6 Å². The molecule has 35 heavy (non-hydrogen) atoms. The number of nitrogens with zero attached hydrogens (tertiary/aromatic N) is 2. The number of para-hydroxylation sites is 1. The van der Waals surface area contributed by atoms with E-state index in [0.717, 1.165) is 5.56 Å². The van der Waals surface area contributed by atoms with Crippen LogP contribution in [-0.2, 0) is 4.74 Å². The number of ether oxygens (including phenoxy) is 2. The minimum absolute atomic E-state index is 0.124. The molecule has 2 N–H and O–H groups in total. The summed E-state index contributed by atoms with van der Waals surface area (Å²) < 4.78 is 11.5. The Morgan fingerprint density at radius 1 is 1.00 bits per heavy atom. The number of amides is 3. The van der Waals surface area contributed by atoms with Crippen LogP contribution in [0.2, 0.25) is 5.02 Å². The number of hydrogen-bond donors (Lipinski definition) is 1. The van der Waals surface area contributed by atoms with Crippen molar-refractivity contribution in [2.24, 2.45) is 5.73 Å². The minimum Gasteiger partial charge on any atom is -0.484 e. The van der Waals surface area contributed by atoms with Crippen molar-refractivity contribution < 1.29 is 23.9 Å². The number of nitrogens with two attached hydrogens (primary N) is 1. The lowest BCUT2D eigenvalue weighted by molar-refractivity contribution is 0.0255. The monoisotopic (exact) mass is 501 g/mol. The summed E-state index contributed by atoms with van der Waals surface area (Å²) in [5.41, 5.74) is 6.34. The molecule has 3 rings (SSSR count). The van der Waals surface area contributed by atoms with E-state index in [0.29, 0.717) is 38.2 Å². The average molecular weight is 502 g/mol. The van der Waals surface area contributed by atoms with Crippen molar-refractivity contribution in [2.45, 2.75) is 45.8 Å². The van der Waals surface area contributed by atoms with Crippen LogP contribution in [0.1, 0.15) is 66.5 Å². The van der Waals surface area contributed by atoms with Gasteiger partial charge in [0, 0.05) is 31.7 Å². The summed E-state index contributed by atoms with van der Waals surface area (Å²) in [6.07, 6.45) is -0.200. The average Bonchev–Trinajstić information content (AvgIpc) is 3.05. The van der Waals surface area contributed by atoms with Crippen molar-refractivity contribution in [1.29, 1.82) is 0 Å². The fourth-order valence-corrected chi connectivity index (χ4v) is 4.02. The van der Waals surface area contributed by atoms with Crippen LogP contribution in [0.15, 0.2) is 42.5 Å². The second-order valence-electron chi connectivity index (χ2n) is 9.48. The zero-order chi connectivity index (χ0) is 25.8. The highest BCUT2D eigenvalue weighted by atomic mass is 35.5. The summed E-state index contributed by atoms with van der Waals surface area (Å²) in [4.78, 5) is 40.8. The van der Waals surface area contributed by atoms with E-state index >= 15 is 0 Å². The molecule has 0 spiro atoms. The first-order valence-electron chi connectivity index (χ1n) is 11.6. The normalized spacial score (nSPS) is 15.2. The summed E-state index contributed by atoms with van der Waals surface area (Å²) >= 11 is 6.24. The first-order valence-corrected chi connectivity index (χ1v) is 12.0. The molecule has 1 atom stereocenters. The topological polar surface area (TPSA) is 102 Å². The molecular formula is C26H32ClN3O5. The maximum Gasteiger partial charge on any atom is 0.410 e. The second-order valence-corrected chi connectivity index (χ2v) is 9.89. The van der Waals surface area contributed by atoms with Crippen LogP contribution in [0.25, 0.3) is 0 Å². The van der Waals surface area contributed by atoms with Gasteiger partial charge in [0.2, 0.25) is 0 Å². The Hall–Kier alpha value is -3.26. The van der Waals surface area contributed by atoms with Crippen molar-refractivity contribution in [3.8, 4) is 5.75 Å². The SMILES string of the molecule is CC(Oc1c(Cl)cccc1C(N)=O)c1cccc(C(=O)N2CCCN(C(=O)OC(C)(C)C)CC2)c1. The van der Waals surface area contributed by atoms with Gasteiger partial charge in [0.05, 0.1) is 10.6 Å². The number of primary amides is 1. The first-order chi connectivity index (χ1) is 16.5. The Morgan fingerprint density at radius 2 is 1.66 bits per heavy atom. The van der Waals surface area contributed by atoms with Crippen molar-refractivity contribution in [3.63, 3.8) is 0 Å². The van der Waals surface area contributed by atoms with Gasteiger partial charge in [-0.05, 0) is 63.9 Å². The molecule has 0 saturated carbocycles. The van der Waals surface area contributed by atoms with Gasteiger partial charge in [0.15, 0.2) is 5.75 Å². The molecule has 3 amide bonds. The van der Waals surface area contributed by atoms with E-state index in [4.69, 9.17) is 26.8 Å². The highest BCUT2D eigenvalue weighted by Crippen LogP contribution is 2.32. The van der Waals surface area contributed by atoms with E-state index in [1.165, 1.54) is 0 Å². The van der Waals surface area contributed by atoms with E-state index in [9.17, 15) is 14.4 Å². The zero-order valence-electron chi connectivity index (χ0n) is 20.5. The number of carbonyl (C=O) groups is 3. The molecule has 1 unspecified atom stereocenters. The third-order valence-electron chi connectivity index (χ3n) is 5.56. The van der Waals surface area contributed by atoms with E-state index in [2.05, 4.69) is 0 Å². The molecule has 0 radical (unpaired) electrons. The maximum atomic E-state index is 13.3. The maximum absolute atomic E-state index is 13.3. The summed E-state index contributed by atoms with van der Waals surface area (Å²) in [5, 5.41) is 0.277.